The topological polar surface area (TPSA) is 66.5 Å². The Balaban J connectivity index is 1.52. The van der Waals surface area contributed by atoms with E-state index in [2.05, 4.69) is 12.2 Å². The number of aryl methyl sites for hydroxylation is 1. The molecule has 1 saturated heterocycles. The Kier molecular flexibility index (Phi) is 5.17. The van der Waals surface area contributed by atoms with Gasteiger partial charge in [-0.2, -0.15) is 0 Å². The number of fused-ring (bicyclic) bond motifs is 1. The third kappa shape index (κ3) is 3.67. The molecule has 4 rings (SSSR count). The predicted octanol–water partition coefficient (Wildman–Crippen LogP) is 4.83. The van der Waals surface area contributed by atoms with Gasteiger partial charge in [-0.3, -0.25) is 19.3 Å². The van der Waals surface area contributed by atoms with Crippen LogP contribution in [0.1, 0.15) is 42.1 Å². The number of hydrogen-bond donors (Lipinski definition) is 1. The lowest BCUT2D eigenvalue weighted by molar-refractivity contribution is -0.122. The van der Waals surface area contributed by atoms with Crippen molar-refractivity contribution in [3.8, 4) is 0 Å². The highest BCUT2D eigenvalue weighted by Gasteiger charge is 2.49. The summed E-state index contributed by atoms with van der Waals surface area (Å²) in [6.45, 7) is 4.02. The number of carbonyl (C=O) groups is 3. The number of nitrogens with zero attached hydrogens (tertiary/aromatic N) is 1. The molecule has 0 unspecified atom stereocenters. The van der Waals surface area contributed by atoms with Gasteiger partial charge in [0.1, 0.15) is 0 Å². The van der Waals surface area contributed by atoms with Crippen molar-refractivity contribution in [1.29, 1.82) is 0 Å². The molecule has 0 spiro atoms. The second-order valence-corrected chi connectivity index (χ2v) is 8.54. The lowest BCUT2D eigenvalue weighted by Crippen LogP contribution is -2.30. The first-order chi connectivity index (χ1) is 13.8. The predicted molar refractivity (Wildman–Crippen MR) is 113 cm³/mol. The molecule has 3 atom stereocenters. The molecule has 6 heteroatoms. The van der Waals surface area contributed by atoms with E-state index < -0.39 is 0 Å². The minimum atomic E-state index is -0.275. The van der Waals surface area contributed by atoms with Gasteiger partial charge >= 0.3 is 0 Å². The summed E-state index contributed by atoms with van der Waals surface area (Å²) in [5.74, 6) is -0.443. The molecule has 2 aromatic carbocycles. The van der Waals surface area contributed by atoms with Crippen molar-refractivity contribution in [3.05, 3.63) is 58.6 Å². The van der Waals surface area contributed by atoms with Gasteiger partial charge in [0.2, 0.25) is 11.8 Å². The Bertz CT molecular complexity index is 986. The van der Waals surface area contributed by atoms with E-state index in [0.29, 0.717) is 27.9 Å². The van der Waals surface area contributed by atoms with E-state index in [0.717, 1.165) is 24.8 Å². The van der Waals surface area contributed by atoms with Gasteiger partial charge < -0.3 is 5.32 Å². The smallest absolute Gasteiger partial charge is 0.255 e. The largest absolute Gasteiger partial charge is 0.322 e. The summed E-state index contributed by atoms with van der Waals surface area (Å²) in [4.78, 5) is 39.5. The average molecular weight is 411 g/mol. The van der Waals surface area contributed by atoms with E-state index in [9.17, 15) is 14.4 Å². The highest BCUT2D eigenvalue weighted by atomic mass is 35.5. The third-order valence-corrected chi connectivity index (χ3v) is 6.26. The highest BCUT2D eigenvalue weighted by molar-refractivity contribution is 6.31. The van der Waals surface area contributed by atoms with Gasteiger partial charge in [0.05, 0.1) is 17.5 Å². The monoisotopic (exact) mass is 410 g/mol. The van der Waals surface area contributed by atoms with Gasteiger partial charge in [-0.1, -0.05) is 24.6 Å². The maximum absolute atomic E-state index is 12.8. The number of amides is 3. The number of benzene rings is 2. The highest BCUT2D eigenvalue weighted by Crippen LogP contribution is 2.42. The summed E-state index contributed by atoms with van der Waals surface area (Å²) < 4.78 is 0. The minimum Gasteiger partial charge on any atom is -0.322 e. The molecular weight excluding hydrogens is 388 g/mol. The third-order valence-electron chi connectivity index (χ3n) is 6.02. The van der Waals surface area contributed by atoms with Gasteiger partial charge in [-0.05, 0) is 74.1 Å². The molecule has 2 aromatic rings. The molecule has 0 aromatic heterocycles. The van der Waals surface area contributed by atoms with Gasteiger partial charge in [0.25, 0.3) is 5.91 Å². The summed E-state index contributed by atoms with van der Waals surface area (Å²) in [7, 11) is 0. The Labute approximate surface area is 175 Å². The summed E-state index contributed by atoms with van der Waals surface area (Å²) in [5.41, 5.74) is 2.52. The minimum absolute atomic E-state index is 0.112. The van der Waals surface area contributed by atoms with Gasteiger partial charge in [0.15, 0.2) is 0 Å². The van der Waals surface area contributed by atoms with E-state index in [1.807, 2.05) is 13.0 Å². The van der Waals surface area contributed by atoms with Crippen LogP contribution in [0.4, 0.5) is 11.4 Å². The molecule has 5 nitrogen and oxygen atoms in total. The van der Waals surface area contributed by atoms with Crippen molar-refractivity contribution in [2.24, 2.45) is 17.8 Å². The fourth-order valence-corrected chi connectivity index (χ4v) is 4.50. The lowest BCUT2D eigenvalue weighted by Gasteiger charge is -2.25. The molecule has 150 valence electrons. The van der Waals surface area contributed by atoms with Crippen molar-refractivity contribution in [1.82, 2.24) is 0 Å². The van der Waals surface area contributed by atoms with Crippen LogP contribution >= 0.6 is 11.6 Å². The van der Waals surface area contributed by atoms with Crippen LogP contribution in [-0.4, -0.2) is 17.7 Å². The molecule has 2 aliphatic rings. The lowest BCUT2D eigenvalue weighted by atomic mass is 9.76. The fraction of sp³-hybridized carbons (Fsp3) is 0.348. The first-order valence-corrected chi connectivity index (χ1v) is 10.3. The van der Waals surface area contributed by atoms with E-state index in [-0.39, 0.29) is 29.6 Å². The van der Waals surface area contributed by atoms with Crippen LogP contribution in [-0.2, 0) is 9.59 Å². The Hall–Kier alpha value is -2.66. The number of carbonyl (C=O) groups excluding carboxylic acids is 3. The quantitative estimate of drug-likeness (QED) is 0.737. The van der Waals surface area contributed by atoms with Crippen molar-refractivity contribution < 1.29 is 14.4 Å². The number of rotatable bonds is 3. The number of nitrogens with one attached hydrogen (secondary N) is 1. The summed E-state index contributed by atoms with van der Waals surface area (Å²) in [6, 6.07) is 11.9. The van der Waals surface area contributed by atoms with Crippen LogP contribution in [0.25, 0.3) is 0 Å². The van der Waals surface area contributed by atoms with E-state index >= 15 is 0 Å². The van der Waals surface area contributed by atoms with E-state index in [4.69, 9.17) is 11.6 Å². The summed E-state index contributed by atoms with van der Waals surface area (Å²) in [6.07, 6.45) is 2.52. The van der Waals surface area contributed by atoms with Crippen LogP contribution in [0, 0.1) is 24.7 Å². The Morgan fingerprint density at radius 1 is 1.03 bits per heavy atom. The van der Waals surface area contributed by atoms with E-state index in [1.54, 1.807) is 36.4 Å². The van der Waals surface area contributed by atoms with Gasteiger partial charge in [-0.15, -0.1) is 0 Å². The molecule has 1 aliphatic heterocycles. The normalized spacial score (nSPS) is 23.8. The molecule has 1 heterocycles. The zero-order valence-electron chi connectivity index (χ0n) is 16.4. The summed E-state index contributed by atoms with van der Waals surface area (Å²) in [5, 5.41) is 3.39. The zero-order chi connectivity index (χ0) is 20.7. The molecule has 29 heavy (non-hydrogen) atoms. The number of halogens is 1. The van der Waals surface area contributed by atoms with Crippen molar-refractivity contribution in [3.63, 3.8) is 0 Å². The number of anilines is 2. The SMILES string of the molecule is Cc1ccc(Cl)cc1NC(=O)c1ccc(N2C(=O)[C@@H]3CC[C@H](C)C[C@H]3C2=O)cc1. The maximum atomic E-state index is 12.8. The molecule has 0 bridgehead atoms. The molecule has 1 aliphatic carbocycles. The van der Waals surface area contributed by atoms with Crippen LogP contribution < -0.4 is 10.2 Å². The first kappa shape index (κ1) is 19.6. The molecule has 1 saturated carbocycles. The maximum Gasteiger partial charge on any atom is 0.255 e. The van der Waals surface area contributed by atoms with Crippen molar-refractivity contribution in [2.45, 2.75) is 33.1 Å². The molecule has 2 fully saturated rings. The molecule has 1 N–H and O–H groups in total. The summed E-state index contributed by atoms with van der Waals surface area (Å²) >= 11 is 6.01. The van der Waals surface area contributed by atoms with Crippen molar-refractivity contribution >= 4 is 40.7 Å². The molecule has 3 amide bonds. The van der Waals surface area contributed by atoms with Crippen LogP contribution in [0.15, 0.2) is 42.5 Å². The molecular formula is C23H23ClN2O3. The zero-order valence-corrected chi connectivity index (χ0v) is 17.2. The Morgan fingerprint density at radius 3 is 2.45 bits per heavy atom. The fourth-order valence-electron chi connectivity index (χ4n) is 4.33. The van der Waals surface area contributed by atoms with Crippen LogP contribution in [0.2, 0.25) is 5.02 Å². The Morgan fingerprint density at radius 2 is 1.72 bits per heavy atom. The van der Waals surface area contributed by atoms with Gasteiger partial charge in [0, 0.05) is 16.3 Å². The van der Waals surface area contributed by atoms with Gasteiger partial charge in [-0.25, -0.2) is 0 Å². The van der Waals surface area contributed by atoms with Crippen molar-refractivity contribution in [2.75, 3.05) is 10.2 Å². The molecule has 0 radical (unpaired) electrons. The van der Waals surface area contributed by atoms with Crippen LogP contribution in [0.3, 0.4) is 0 Å². The second kappa shape index (κ2) is 7.64. The van der Waals surface area contributed by atoms with E-state index in [1.165, 1.54) is 4.90 Å². The first-order valence-electron chi connectivity index (χ1n) is 9.90. The standard InChI is InChI=1S/C23H23ClN2O3/c1-13-3-10-18-19(11-13)23(29)26(22(18)28)17-8-5-15(6-9-17)21(27)25-20-12-16(24)7-4-14(20)2/h4-9,12-13,18-19H,3,10-11H2,1-2H3,(H,25,27)/t13-,18+,19+/m0/s1. The average Bonchev–Trinajstić information content (AvgIpc) is 2.94. The van der Waals surface area contributed by atoms with Crippen LogP contribution in [0.5, 0.6) is 0 Å². The second-order valence-electron chi connectivity index (χ2n) is 8.10. The number of imide groups is 1. The number of hydrogen-bond acceptors (Lipinski definition) is 3.